The standard InChI is InChI=1S/C16H17N3O3/c20-19(21)14-6-4-5-13(11-14)16-8-7-15(22-16)12-17-18-9-2-1-3-10-18/h4-8,11-12H,1-3,9-10H2/b17-12-. The van der Waals surface area contributed by atoms with Crippen LogP contribution in [-0.4, -0.2) is 29.2 Å². The van der Waals surface area contributed by atoms with Crippen molar-refractivity contribution in [2.45, 2.75) is 19.3 Å². The molecule has 0 bridgehead atoms. The van der Waals surface area contributed by atoms with E-state index in [1.807, 2.05) is 11.1 Å². The molecule has 114 valence electrons. The molecule has 0 aliphatic carbocycles. The van der Waals surface area contributed by atoms with Gasteiger partial charge in [0.2, 0.25) is 0 Å². The van der Waals surface area contributed by atoms with E-state index >= 15 is 0 Å². The molecule has 6 heteroatoms. The smallest absolute Gasteiger partial charge is 0.270 e. The first-order valence-electron chi connectivity index (χ1n) is 7.36. The number of nitro groups is 1. The van der Waals surface area contributed by atoms with Crippen molar-refractivity contribution in [3.8, 4) is 11.3 Å². The average molecular weight is 299 g/mol. The zero-order valence-electron chi connectivity index (χ0n) is 12.1. The van der Waals surface area contributed by atoms with E-state index in [1.165, 1.54) is 31.4 Å². The predicted molar refractivity (Wildman–Crippen MR) is 83.8 cm³/mol. The first-order valence-corrected chi connectivity index (χ1v) is 7.36. The molecule has 1 aliphatic heterocycles. The van der Waals surface area contributed by atoms with Crippen LogP contribution in [0.1, 0.15) is 25.0 Å². The summed E-state index contributed by atoms with van der Waals surface area (Å²) in [5.41, 5.74) is 0.740. The SMILES string of the molecule is O=[N+]([O-])c1cccc(-c2ccc(/C=N\N3CCCCC3)o2)c1. The minimum absolute atomic E-state index is 0.0532. The molecule has 0 N–H and O–H groups in total. The number of rotatable bonds is 4. The molecular formula is C16H17N3O3. The van der Waals surface area contributed by atoms with Crippen LogP contribution in [0.25, 0.3) is 11.3 Å². The third-order valence-electron chi connectivity index (χ3n) is 3.65. The maximum absolute atomic E-state index is 10.8. The second-order valence-corrected chi connectivity index (χ2v) is 5.27. The topological polar surface area (TPSA) is 71.9 Å². The Morgan fingerprint density at radius 1 is 1.18 bits per heavy atom. The molecule has 6 nitrogen and oxygen atoms in total. The quantitative estimate of drug-likeness (QED) is 0.490. The van der Waals surface area contributed by atoms with Gasteiger partial charge in [0.05, 0.1) is 11.1 Å². The molecular weight excluding hydrogens is 282 g/mol. The second kappa shape index (κ2) is 6.43. The van der Waals surface area contributed by atoms with Gasteiger partial charge in [0.25, 0.3) is 5.69 Å². The maximum atomic E-state index is 10.8. The van der Waals surface area contributed by atoms with Crippen molar-refractivity contribution in [2.24, 2.45) is 5.10 Å². The van der Waals surface area contributed by atoms with Gasteiger partial charge in [0.15, 0.2) is 0 Å². The average Bonchev–Trinajstić information content (AvgIpc) is 3.03. The zero-order chi connectivity index (χ0) is 15.4. The van der Waals surface area contributed by atoms with Crippen LogP contribution in [0.2, 0.25) is 0 Å². The van der Waals surface area contributed by atoms with Gasteiger partial charge in [-0.25, -0.2) is 0 Å². The van der Waals surface area contributed by atoms with Gasteiger partial charge in [0, 0.05) is 30.8 Å². The van der Waals surface area contributed by atoms with Crippen molar-refractivity contribution in [3.63, 3.8) is 0 Å². The number of hydrazone groups is 1. The molecule has 1 fully saturated rings. The molecule has 0 radical (unpaired) electrons. The van der Waals surface area contributed by atoms with E-state index in [-0.39, 0.29) is 5.69 Å². The molecule has 0 amide bonds. The molecule has 22 heavy (non-hydrogen) atoms. The summed E-state index contributed by atoms with van der Waals surface area (Å²) in [4.78, 5) is 10.4. The summed E-state index contributed by atoms with van der Waals surface area (Å²) < 4.78 is 5.70. The minimum atomic E-state index is -0.412. The van der Waals surface area contributed by atoms with Crippen molar-refractivity contribution in [1.82, 2.24) is 5.01 Å². The monoisotopic (exact) mass is 299 g/mol. The summed E-state index contributed by atoms with van der Waals surface area (Å²) in [6.45, 7) is 1.96. The Morgan fingerprint density at radius 2 is 2.00 bits per heavy atom. The highest BCUT2D eigenvalue weighted by atomic mass is 16.6. The fraction of sp³-hybridized carbons (Fsp3) is 0.312. The van der Waals surface area contributed by atoms with Crippen LogP contribution >= 0.6 is 0 Å². The fourth-order valence-corrected chi connectivity index (χ4v) is 2.48. The van der Waals surface area contributed by atoms with Gasteiger partial charge in [-0.3, -0.25) is 15.1 Å². The van der Waals surface area contributed by atoms with Crippen LogP contribution in [0.15, 0.2) is 45.9 Å². The minimum Gasteiger partial charge on any atom is -0.455 e. The van der Waals surface area contributed by atoms with Gasteiger partial charge in [-0.05, 0) is 31.4 Å². The van der Waals surface area contributed by atoms with Gasteiger partial charge in [-0.15, -0.1) is 0 Å². The highest BCUT2D eigenvalue weighted by Gasteiger charge is 2.10. The lowest BCUT2D eigenvalue weighted by molar-refractivity contribution is -0.384. The largest absolute Gasteiger partial charge is 0.455 e. The molecule has 2 aromatic rings. The van der Waals surface area contributed by atoms with Gasteiger partial charge >= 0.3 is 0 Å². The summed E-state index contributed by atoms with van der Waals surface area (Å²) >= 11 is 0. The molecule has 0 spiro atoms. The summed E-state index contributed by atoms with van der Waals surface area (Å²) in [5, 5.41) is 17.3. The molecule has 1 saturated heterocycles. The Morgan fingerprint density at radius 3 is 2.77 bits per heavy atom. The number of furan rings is 1. The first kappa shape index (κ1) is 14.3. The van der Waals surface area contributed by atoms with E-state index in [4.69, 9.17) is 4.42 Å². The van der Waals surface area contributed by atoms with Crippen molar-refractivity contribution >= 4 is 11.9 Å². The highest BCUT2D eigenvalue weighted by Crippen LogP contribution is 2.25. The molecule has 0 unspecified atom stereocenters. The number of nitrogens with zero attached hydrogens (tertiary/aromatic N) is 3. The van der Waals surface area contributed by atoms with Gasteiger partial charge in [0.1, 0.15) is 11.5 Å². The fourth-order valence-electron chi connectivity index (χ4n) is 2.48. The van der Waals surface area contributed by atoms with Crippen LogP contribution in [0.4, 0.5) is 5.69 Å². The number of hydrogen-bond donors (Lipinski definition) is 0. The maximum Gasteiger partial charge on any atom is 0.270 e. The lowest BCUT2D eigenvalue weighted by Crippen LogP contribution is -2.24. The number of nitro benzene ring substituents is 1. The van der Waals surface area contributed by atoms with E-state index in [9.17, 15) is 10.1 Å². The van der Waals surface area contributed by atoms with E-state index in [1.54, 1.807) is 24.4 Å². The highest BCUT2D eigenvalue weighted by molar-refractivity contribution is 5.77. The Balaban J connectivity index is 1.74. The normalized spacial score (nSPS) is 15.4. The van der Waals surface area contributed by atoms with E-state index in [0.29, 0.717) is 17.1 Å². The lowest BCUT2D eigenvalue weighted by Gasteiger charge is -2.22. The molecule has 0 atom stereocenters. The van der Waals surface area contributed by atoms with Gasteiger partial charge < -0.3 is 4.42 Å². The number of benzene rings is 1. The van der Waals surface area contributed by atoms with E-state index in [0.717, 1.165) is 13.1 Å². The number of non-ortho nitro benzene ring substituents is 1. The van der Waals surface area contributed by atoms with Gasteiger partial charge in [-0.1, -0.05) is 12.1 Å². The number of piperidine rings is 1. The molecule has 3 rings (SSSR count). The van der Waals surface area contributed by atoms with E-state index < -0.39 is 4.92 Å². The van der Waals surface area contributed by atoms with Crippen LogP contribution in [0.5, 0.6) is 0 Å². The Kier molecular flexibility index (Phi) is 4.18. The third kappa shape index (κ3) is 3.33. The van der Waals surface area contributed by atoms with Gasteiger partial charge in [-0.2, -0.15) is 5.10 Å². The van der Waals surface area contributed by atoms with Crippen LogP contribution in [-0.2, 0) is 0 Å². The Bertz CT molecular complexity index is 687. The van der Waals surface area contributed by atoms with Crippen LogP contribution in [0.3, 0.4) is 0 Å². The van der Waals surface area contributed by atoms with Crippen LogP contribution < -0.4 is 0 Å². The van der Waals surface area contributed by atoms with Crippen molar-refractivity contribution in [2.75, 3.05) is 13.1 Å². The second-order valence-electron chi connectivity index (χ2n) is 5.27. The first-order chi connectivity index (χ1) is 10.7. The molecule has 2 heterocycles. The van der Waals surface area contributed by atoms with Crippen LogP contribution in [0, 0.1) is 10.1 Å². The molecule has 1 aliphatic rings. The summed E-state index contributed by atoms with van der Waals surface area (Å²) in [7, 11) is 0. The third-order valence-corrected chi connectivity index (χ3v) is 3.65. The summed E-state index contributed by atoms with van der Waals surface area (Å²) in [6, 6.07) is 10.0. The van der Waals surface area contributed by atoms with E-state index in [2.05, 4.69) is 5.10 Å². The molecule has 1 aromatic heterocycles. The number of hydrogen-bond acceptors (Lipinski definition) is 5. The predicted octanol–water partition coefficient (Wildman–Crippen LogP) is 3.67. The zero-order valence-corrected chi connectivity index (χ0v) is 12.1. The summed E-state index contributed by atoms with van der Waals surface area (Å²) in [6.07, 6.45) is 5.32. The Labute approximate surface area is 128 Å². The molecule has 0 saturated carbocycles. The lowest BCUT2D eigenvalue weighted by atomic mass is 10.1. The van der Waals surface area contributed by atoms with Crippen molar-refractivity contribution in [1.29, 1.82) is 0 Å². The van der Waals surface area contributed by atoms with Crippen molar-refractivity contribution in [3.05, 3.63) is 52.3 Å². The Hall–Kier alpha value is -2.63. The van der Waals surface area contributed by atoms with Crippen molar-refractivity contribution < 1.29 is 9.34 Å². The summed E-state index contributed by atoms with van der Waals surface area (Å²) in [5.74, 6) is 1.25. The molecule has 1 aromatic carbocycles.